The van der Waals surface area contributed by atoms with Crippen LogP contribution in [0.15, 0.2) is 30.3 Å². The van der Waals surface area contributed by atoms with Gasteiger partial charge in [0.25, 0.3) is 0 Å². The van der Waals surface area contributed by atoms with Gasteiger partial charge < -0.3 is 14.3 Å². The Morgan fingerprint density at radius 2 is 1.64 bits per heavy atom. The lowest BCUT2D eigenvalue weighted by atomic mass is 10.2. The minimum Gasteiger partial charge on any atom is -0.459 e. The van der Waals surface area contributed by atoms with Gasteiger partial charge in [-0.25, -0.2) is 4.79 Å². The Hall–Kier alpha value is -1.24. The molecule has 0 saturated heterocycles. The SMILES string of the molecule is CC(C)(C)[Si](F)(OC(CCO)COC(=O)c1ccccc1)C(C)(C)C. The molecule has 25 heavy (non-hydrogen) atoms. The van der Waals surface area contributed by atoms with Crippen molar-refractivity contribution in [3.63, 3.8) is 0 Å². The Balaban J connectivity index is 2.87. The molecule has 1 aromatic rings. The van der Waals surface area contributed by atoms with Crippen molar-refractivity contribution in [2.24, 2.45) is 0 Å². The van der Waals surface area contributed by atoms with E-state index in [0.717, 1.165) is 0 Å². The van der Waals surface area contributed by atoms with Gasteiger partial charge >= 0.3 is 14.6 Å². The van der Waals surface area contributed by atoms with E-state index in [2.05, 4.69) is 0 Å². The lowest BCUT2D eigenvalue weighted by Crippen LogP contribution is -2.53. The molecular weight excluding hydrogens is 339 g/mol. The summed E-state index contributed by atoms with van der Waals surface area (Å²) in [5.74, 6) is -0.482. The third kappa shape index (κ3) is 5.62. The molecule has 0 saturated carbocycles. The van der Waals surface area contributed by atoms with Gasteiger partial charge in [-0.15, -0.1) is 0 Å². The van der Waals surface area contributed by atoms with E-state index in [1.54, 1.807) is 24.3 Å². The molecule has 1 N–H and O–H groups in total. The van der Waals surface area contributed by atoms with Gasteiger partial charge in [-0.3, -0.25) is 4.11 Å². The van der Waals surface area contributed by atoms with E-state index in [0.29, 0.717) is 5.56 Å². The van der Waals surface area contributed by atoms with Gasteiger partial charge in [0.1, 0.15) is 6.61 Å². The standard InChI is InChI=1S/C19H31FO4Si/c1-18(2,3)25(20,19(4,5)6)24-16(12-13-21)14-23-17(22)15-10-8-7-9-11-15/h7-11,16,21H,12-14H2,1-6H3. The third-order valence-corrected chi connectivity index (χ3v) is 8.64. The first-order valence-electron chi connectivity index (χ1n) is 8.62. The number of hydrogen-bond donors (Lipinski definition) is 1. The Morgan fingerprint density at radius 3 is 2.08 bits per heavy atom. The number of benzene rings is 1. The van der Waals surface area contributed by atoms with E-state index in [9.17, 15) is 9.90 Å². The maximum absolute atomic E-state index is 15.9. The fraction of sp³-hybridized carbons (Fsp3) is 0.632. The van der Waals surface area contributed by atoms with Gasteiger partial charge in [0, 0.05) is 16.7 Å². The second-order valence-corrected chi connectivity index (χ2v) is 12.7. The summed E-state index contributed by atoms with van der Waals surface area (Å²) < 4.78 is 27.1. The number of ether oxygens (including phenoxy) is 1. The number of carbonyl (C=O) groups is 1. The van der Waals surface area contributed by atoms with E-state index >= 15 is 4.11 Å². The summed E-state index contributed by atoms with van der Waals surface area (Å²) in [6.07, 6.45) is -0.458. The highest BCUT2D eigenvalue weighted by Crippen LogP contribution is 2.53. The van der Waals surface area contributed by atoms with Crippen molar-refractivity contribution in [2.45, 2.75) is 64.1 Å². The highest BCUT2D eigenvalue weighted by molar-refractivity contribution is 6.72. The van der Waals surface area contributed by atoms with Crippen LogP contribution in [0, 0.1) is 0 Å². The van der Waals surface area contributed by atoms with Gasteiger partial charge in [-0.1, -0.05) is 59.7 Å². The first-order chi connectivity index (χ1) is 11.4. The average Bonchev–Trinajstić information content (AvgIpc) is 2.51. The van der Waals surface area contributed by atoms with Crippen molar-refractivity contribution in [2.75, 3.05) is 13.2 Å². The minimum atomic E-state index is -3.71. The zero-order chi connectivity index (χ0) is 19.3. The van der Waals surface area contributed by atoms with Crippen LogP contribution in [0.5, 0.6) is 0 Å². The summed E-state index contributed by atoms with van der Waals surface area (Å²) >= 11 is 0. The topological polar surface area (TPSA) is 55.8 Å². The second-order valence-electron chi connectivity index (χ2n) is 8.31. The molecule has 0 spiro atoms. The molecule has 0 aliphatic heterocycles. The van der Waals surface area contributed by atoms with Crippen molar-refractivity contribution in [1.82, 2.24) is 0 Å². The molecule has 0 radical (unpaired) electrons. The summed E-state index contributed by atoms with van der Waals surface area (Å²) in [4.78, 5) is 12.1. The molecule has 142 valence electrons. The third-order valence-electron chi connectivity index (χ3n) is 4.12. The second kappa shape index (κ2) is 8.43. The Morgan fingerprint density at radius 1 is 1.12 bits per heavy atom. The Kier molecular flexibility index (Phi) is 7.35. The largest absolute Gasteiger partial charge is 0.459 e. The maximum Gasteiger partial charge on any atom is 0.394 e. The molecule has 1 unspecified atom stereocenters. The maximum atomic E-state index is 15.9. The smallest absolute Gasteiger partial charge is 0.394 e. The lowest BCUT2D eigenvalue weighted by Gasteiger charge is -2.45. The molecule has 0 aliphatic rings. The number of carbonyl (C=O) groups excluding carboxylic acids is 1. The highest BCUT2D eigenvalue weighted by atomic mass is 28.4. The number of halogens is 1. The van der Waals surface area contributed by atoms with Gasteiger partial charge in [-0.05, 0) is 18.6 Å². The molecular formula is C19H31FO4Si. The van der Waals surface area contributed by atoms with Gasteiger partial charge in [0.2, 0.25) is 0 Å². The molecule has 0 heterocycles. The molecule has 6 heteroatoms. The van der Waals surface area contributed by atoms with Crippen LogP contribution in [-0.4, -0.2) is 39.0 Å². The zero-order valence-corrected chi connectivity index (χ0v) is 17.1. The van der Waals surface area contributed by atoms with Crippen LogP contribution < -0.4 is 0 Å². The Bertz CT molecular complexity index is 535. The normalized spacial score (nSPS) is 14.2. The fourth-order valence-electron chi connectivity index (χ4n) is 2.85. The number of esters is 1. The van der Waals surface area contributed by atoms with Crippen molar-refractivity contribution in [3.05, 3.63) is 35.9 Å². The average molecular weight is 371 g/mol. The highest BCUT2D eigenvalue weighted by Gasteiger charge is 2.59. The van der Waals surface area contributed by atoms with Gasteiger partial charge in [0.05, 0.1) is 11.7 Å². The van der Waals surface area contributed by atoms with Crippen molar-refractivity contribution >= 4 is 14.6 Å². The van der Waals surface area contributed by atoms with Crippen LogP contribution in [0.4, 0.5) is 4.11 Å². The quantitative estimate of drug-likeness (QED) is 0.432. The number of hydrogen-bond acceptors (Lipinski definition) is 4. The molecule has 0 fully saturated rings. The van der Waals surface area contributed by atoms with Gasteiger partial charge in [-0.2, -0.15) is 0 Å². The monoisotopic (exact) mass is 370 g/mol. The van der Waals surface area contributed by atoms with Crippen LogP contribution in [0.1, 0.15) is 58.3 Å². The van der Waals surface area contributed by atoms with E-state index in [4.69, 9.17) is 9.16 Å². The molecule has 0 bridgehead atoms. The van der Waals surface area contributed by atoms with Crippen molar-refractivity contribution in [1.29, 1.82) is 0 Å². The Labute approximate surface area is 151 Å². The molecule has 1 atom stereocenters. The molecule has 0 aliphatic carbocycles. The fourth-order valence-corrected chi connectivity index (χ4v) is 6.46. The van der Waals surface area contributed by atoms with Crippen LogP contribution >= 0.6 is 0 Å². The number of aliphatic hydroxyl groups excluding tert-OH is 1. The predicted molar refractivity (Wildman–Crippen MR) is 99.6 cm³/mol. The summed E-state index contributed by atoms with van der Waals surface area (Å²) in [7, 11) is -3.71. The summed E-state index contributed by atoms with van der Waals surface area (Å²) in [5, 5.41) is 7.99. The zero-order valence-electron chi connectivity index (χ0n) is 16.1. The molecule has 0 aromatic heterocycles. The molecule has 4 nitrogen and oxygen atoms in total. The molecule has 1 aromatic carbocycles. The van der Waals surface area contributed by atoms with Crippen LogP contribution in [-0.2, 0) is 9.16 Å². The minimum absolute atomic E-state index is 0.0842. The summed E-state index contributed by atoms with van der Waals surface area (Å²) in [6, 6.07) is 8.61. The first-order valence-corrected chi connectivity index (χ1v) is 10.4. The summed E-state index contributed by atoms with van der Waals surface area (Å²) in [6.45, 7) is 10.7. The predicted octanol–water partition coefficient (Wildman–Crippen LogP) is 4.62. The number of aliphatic hydroxyl groups is 1. The lowest BCUT2D eigenvalue weighted by molar-refractivity contribution is 0.0161. The van der Waals surface area contributed by atoms with Crippen molar-refractivity contribution < 1.29 is 23.2 Å². The molecule has 0 amide bonds. The van der Waals surface area contributed by atoms with Crippen LogP contribution in [0.25, 0.3) is 0 Å². The van der Waals surface area contributed by atoms with Crippen LogP contribution in [0.3, 0.4) is 0 Å². The summed E-state index contributed by atoms with van der Waals surface area (Å²) in [5.41, 5.74) is 0.431. The van der Waals surface area contributed by atoms with Crippen molar-refractivity contribution in [3.8, 4) is 0 Å². The van der Waals surface area contributed by atoms with Crippen LogP contribution in [0.2, 0.25) is 10.1 Å². The van der Waals surface area contributed by atoms with E-state index < -0.39 is 30.8 Å². The van der Waals surface area contributed by atoms with Gasteiger partial charge in [0.15, 0.2) is 0 Å². The van der Waals surface area contributed by atoms with E-state index in [1.807, 2.05) is 47.6 Å². The first kappa shape index (κ1) is 21.8. The number of rotatable bonds is 7. The van der Waals surface area contributed by atoms with E-state index in [-0.39, 0.29) is 19.6 Å². The molecule has 1 rings (SSSR count). The van der Waals surface area contributed by atoms with E-state index in [1.165, 1.54) is 0 Å².